The highest BCUT2D eigenvalue weighted by Crippen LogP contribution is 2.33. The number of sulfonamides is 1. The van der Waals surface area contributed by atoms with E-state index in [1.165, 1.54) is 12.1 Å². The average molecular weight is 416 g/mol. The number of carbonyl (C=O) groups excluding carboxylic acids is 1. The molecule has 1 aliphatic carbocycles. The number of fused-ring (bicyclic) bond motifs is 1. The van der Waals surface area contributed by atoms with Gasteiger partial charge in [0.15, 0.2) is 11.5 Å². The van der Waals surface area contributed by atoms with Crippen molar-refractivity contribution in [3.63, 3.8) is 0 Å². The van der Waals surface area contributed by atoms with Crippen molar-refractivity contribution in [2.24, 2.45) is 5.92 Å². The Balaban J connectivity index is 1.45. The number of nitrogens with one attached hydrogen (secondary N) is 2. The van der Waals surface area contributed by atoms with Gasteiger partial charge < -0.3 is 14.8 Å². The second kappa shape index (κ2) is 7.94. The van der Waals surface area contributed by atoms with E-state index in [-0.39, 0.29) is 16.8 Å². The molecular weight excluding hydrogens is 392 g/mol. The van der Waals surface area contributed by atoms with E-state index in [1.807, 2.05) is 6.92 Å². The standard InChI is InChI=1S/C21H24N2O5S/c1-14(15-3-4-15)22-21(24)16-5-7-17(8-6-16)23-29(25,26)18-9-10-19-20(13-18)28-12-2-11-27-19/h5-10,13-15,23H,2-4,11-12H2,1H3,(H,22,24)/t14-/m0/s1. The molecule has 4 rings (SSSR count). The van der Waals surface area contributed by atoms with E-state index in [0.29, 0.717) is 41.9 Å². The van der Waals surface area contributed by atoms with E-state index in [0.717, 1.165) is 19.3 Å². The van der Waals surface area contributed by atoms with Gasteiger partial charge in [-0.25, -0.2) is 8.42 Å². The van der Waals surface area contributed by atoms with Crippen LogP contribution < -0.4 is 19.5 Å². The summed E-state index contributed by atoms with van der Waals surface area (Å²) in [6.07, 6.45) is 3.05. The Morgan fingerprint density at radius 1 is 1.03 bits per heavy atom. The Bertz CT molecular complexity index is 1000. The second-order valence-corrected chi connectivity index (χ2v) is 9.12. The van der Waals surface area contributed by atoms with Gasteiger partial charge in [-0.3, -0.25) is 9.52 Å². The van der Waals surface area contributed by atoms with Crippen LogP contribution in [0.25, 0.3) is 0 Å². The Hall–Kier alpha value is -2.74. The highest BCUT2D eigenvalue weighted by molar-refractivity contribution is 7.92. The molecule has 0 spiro atoms. The van der Waals surface area contributed by atoms with Crippen molar-refractivity contribution in [2.75, 3.05) is 17.9 Å². The third-order valence-corrected chi connectivity index (χ3v) is 6.50. The van der Waals surface area contributed by atoms with Crippen LogP contribution in [-0.4, -0.2) is 33.6 Å². The molecule has 154 valence electrons. The maximum Gasteiger partial charge on any atom is 0.262 e. The van der Waals surface area contributed by atoms with Crippen LogP contribution in [0.4, 0.5) is 5.69 Å². The quantitative estimate of drug-likeness (QED) is 0.754. The zero-order valence-corrected chi connectivity index (χ0v) is 17.0. The van der Waals surface area contributed by atoms with E-state index in [2.05, 4.69) is 10.0 Å². The molecule has 7 nitrogen and oxygen atoms in total. The molecule has 0 radical (unpaired) electrons. The van der Waals surface area contributed by atoms with Crippen LogP contribution in [0.2, 0.25) is 0 Å². The van der Waals surface area contributed by atoms with Crippen molar-refractivity contribution in [1.29, 1.82) is 0 Å². The molecule has 1 amide bonds. The minimum atomic E-state index is -3.80. The van der Waals surface area contributed by atoms with Gasteiger partial charge >= 0.3 is 0 Å². The van der Waals surface area contributed by atoms with Gasteiger partial charge in [-0.1, -0.05) is 0 Å². The highest BCUT2D eigenvalue weighted by atomic mass is 32.2. The zero-order valence-electron chi connectivity index (χ0n) is 16.2. The van der Waals surface area contributed by atoms with Crippen LogP contribution in [0, 0.1) is 5.92 Å². The molecule has 2 aromatic carbocycles. The van der Waals surface area contributed by atoms with Crippen molar-refractivity contribution < 1.29 is 22.7 Å². The summed E-state index contributed by atoms with van der Waals surface area (Å²) >= 11 is 0. The lowest BCUT2D eigenvalue weighted by Crippen LogP contribution is -2.33. The predicted octanol–water partition coefficient (Wildman–Crippen LogP) is 3.18. The SMILES string of the molecule is C[C@H](NC(=O)c1ccc(NS(=O)(=O)c2ccc3c(c2)OCCCO3)cc1)C1CC1. The summed E-state index contributed by atoms with van der Waals surface area (Å²) < 4.78 is 39.1. The van der Waals surface area contributed by atoms with Gasteiger partial charge in [0.1, 0.15) is 0 Å². The third kappa shape index (κ3) is 4.64. The van der Waals surface area contributed by atoms with Crippen molar-refractivity contribution in [2.45, 2.75) is 37.1 Å². The van der Waals surface area contributed by atoms with E-state index in [9.17, 15) is 13.2 Å². The average Bonchev–Trinajstić information content (AvgIpc) is 3.54. The van der Waals surface area contributed by atoms with Crippen molar-refractivity contribution in [1.82, 2.24) is 5.32 Å². The third-order valence-electron chi connectivity index (χ3n) is 5.12. The maximum absolute atomic E-state index is 12.7. The van der Waals surface area contributed by atoms with Gasteiger partial charge in [-0.15, -0.1) is 0 Å². The molecule has 2 N–H and O–H groups in total. The number of anilines is 1. The smallest absolute Gasteiger partial charge is 0.262 e. The molecule has 29 heavy (non-hydrogen) atoms. The van der Waals surface area contributed by atoms with Crippen molar-refractivity contribution in [3.8, 4) is 11.5 Å². The zero-order chi connectivity index (χ0) is 20.4. The Kier molecular flexibility index (Phi) is 5.36. The molecule has 1 atom stereocenters. The van der Waals surface area contributed by atoms with Crippen LogP contribution in [0.1, 0.15) is 36.5 Å². The topological polar surface area (TPSA) is 93.7 Å². The van der Waals surface area contributed by atoms with Gasteiger partial charge in [-0.2, -0.15) is 0 Å². The lowest BCUT2D eigenvalue weighted by molar-refractivity contribution is 0.0936. The molecular formula is C21H24N2O5S. The fraction of sp³-hybridized carbons (Fsp3) is 0.381. The summed E-state index contributed by atoms with van der Waals surface area (Å²) in [5, 5.41) is 2.98. The van der Waals surface area contributed by atoms with Gasteiger partial charge in [-0.05, 0) is 62.1 Å². The molecule has 2 aromatic rings. The van der Waals surface area contributed by atoms with E-state index < -0.39 is 10.0 Å². The molecule has 0 unspecified atom stereocenters. The second-order valence-electron chi connectivity index (χ2n) is 7.44. The van der Waals surface area contributed by atoms with Crippen molar-refractivity contribution >= 4 is 21.6 Å². The number of ether oxygens (including phenoxy) is 2. The highest BCUT2D eigenvalue weighted by Gasteiger charge is 2.29. The minimum Gasteiger partial charge on any atom is -0.490 e. The normalized spacial score (nSPS) is 17.1. The molecule has 1 saturated carbocycles. The first kappa shape index (κ1) is 19.6. The number of hydrogen-bond donors (Lipinski definition) is 2. The van der Waals surface area contributed by atoms with Gasteiger partial charge in [0.05, 0.1) is 18.1 Å². The number of rotatable bonds is 6. The van der Waals surface area contributed by atoms with E-state index in [1.54, 1.807) is 30.3 Å². The lowest BCUT2D eigenvalue weighted by atomic mass is 10.1. The first-order valence-corrected chi connectivity index (χ1v) is 11.2. The van der Waals surface area contributed by atoms with Crippen LogP contribution in [0.5, 0.6) is 11.5 Å². The predicted molar refractivity (Wildman–Crippen MR) is 109 cm³/mol. The summed E-state index contributed by atoms with van der Waals surface area (Å²) in [6, 6.07) is 11.1. The molecule has 0 bridgehead atoms. The summed E-state index contributed by atoms with van der Waals surface area (Å²) in [5.74, 6) is 1.38. The lowest BCUT2D eigenvalue weighted by Gasteiger charge is -2.14. The molecule has 1 fully saturated rings. The largest absolute Gasteiger partial charge is 0.490 e. The Morgan fingerprint density at radius 2 is 1.72 bits per heavy atom. The van der Waals surface area contributed by atoms with Crippen LogP contribution in [0.15, 0.2) is 47.4 Å². The summed E-state index contributed by atoms with van der Waals surface area (Å²) in [7, 11) is -3.80. The van der Waals surface area contributed by atoms with Crippen LogP contribution in [0.3, 0.4) is 0 Å². The monoisotopic (exact) mass is 416 g/mol. The number of benzene rings is 2. The van der Waals surface area contributed by atoms with Crippen molar-refractivity contribution in [3.05, 3.63) is 48.0 Å². The maximum atomic E-state index is 12.7. The molecule has 2 aliphatic rings. The van der Waals surface area contributed by atoms with Crippen LogP contribution in [-0.2, 0) is 10.0 Å². The first-order chi connectivity index (χ1) is 13.9. The summed E-state index contributed by atoms with van der Waals surface area (Å²) in [4.78, 5) is 12.4. The molecule has 1 aliphatic heterocycles. The molecule has 0 aromatic heterocycles. The Morgan fingerprint density at radius 3 is 2.41 bits per heavy atom. The van der Waals surface area contributed by atoms with Gasteiger partial charge in [0.2, 0.25) is 0 Å². The molecule has 8 heteroatoms. The Labute approximate surface area is 170 Å². The van der Waals surface area contributed by atoms with Gasteiger partial charge in [0.25, 0.3) is 15.9 Å². The fourth-order valence-corrected chi connectivity index (χ4v) is 4.29. The summed E-state index contributed by atoms with van der Waals surface area (Å²) in [5.41, 5.74) is 0.875. The van der Waals surface area contributed by atoms with E-state index >= 15 is 0 Å². The molecule has 1 heterocycles. The van der Waals surface area contributed by atoms with E-state index in [4.69, 9.17) is 9.47 Å². The van der Waals surface area contributed by atoms with Gasteiger partial charge in [0, 0.05) is 29.8 Å². The number of hydrogen-bond acceptors (Lipinski definition) is 5. The summed E-state index contributed by atoms with van der Waals surface area (Å²) in [6.45, 7) is 3.02. The minimum absolute atomic E-state index is 0.0850. The molecule has 0 saturated heterocycles. The fourth-order valence-electron chi connectivity index (χ4n) is 3.22. The van der Waals surface area contributed by atoms with Crippen LogP contribution >= 0.6 is 0 Å². The number of carbonyl (C=O) groups is 1. The number of amides is 1. The first-order valence-electron chi connectivity index (χ1n) is 9.76.